The number of carbonyl (C=O) groups is 1. The van der Waals surface area contributed by atoms with E-state index in [0.29, 0.717) is 33.8 Å². The van der Waals surface area contributed by atoms with E-state index in [2.05, 4.69) is 25.9 Å². The van der Waals surface area contributed by atoms with E-state index >= 15 is 0 Å². The molecule has 0 radical (unpaired) electrons. The average Bonchev–Trinajstić information content (AvgIpc) is 2.51. The molecule has 0 saturated carbocycles. The summed E-state index contributed by atoms with van der Waals surface area (Å²) < 4.78 is 5.14. The van der Waals surface area contributed by atoms with Crippen molar-refractivity contribution < 1.29 is 9.53 Å². The van der Waals surface area contributed by atoms with Crippen LogP contribution in [-0.2, 0) is 0 Å². The fraction of sp³-hybridized carbons (Fsp3) is 0.214. The number of amides is 2. The number of aromatic nitrogens is 2. The first-order valence-corrected chi connectivity index (χ1v) is 7.68. The van der Waals surface area contributed by atoms with E-state index in [1.165, 1.54) is 13.2 Å². The number of ether oxygens (including phenoxy) is 1. The molecular weight excluding hydrogens is 355 g/mol. The fourth-order valence-corrected chi connectivity index (χ4v) is 2.15. The number of nitrogen functional groups attached to an aromatic ring is 1. The van der Waals surface area contributed by atoms with E-state index in [1.54, 1.807) is 12.1 Å². The highest BCUT2D eigenvalue weighted by Gasteiger charge is 2.14. The summed E-state index contributed by atoms with van der Waals surface area (Å²) in [6.07, 6.45) is 0. The van der Waals surface area contributed by atoms with Gasteiger partial charge < -0.3 is 21.1 Å². The third-order valence-electron chi connectivity index (χ3n) is 2.84. The maximum absolute atomic E-state index is 12.0. The zero-order valence-electron chi connectivity index (χ0n) is 13.0. The summed E-state index contributed by atoms with van der Waals surface area (Å²) in [5.41, 5.74) is 6.28. The number of nitrogens with one attached hydrogen (secondary N) is 3. The number of hydrogen-bond acceptors (Lipinski definition) is 6. The molecule has 0 aliphatic heterocycles. The Balaban J connectivity index is 2.14. The normalized spacial score (nSPS) is 10.2. The predicted molar refractivity (Wildman–Crippen MR) is 96.3 cm³/mol. The molecule has 10 heteroatoms. The van der Waals surface area contributed by atoms with Crippen LogP contribution >= 0.6 is 23.2 Å². The quantitative estimate of drug-likeness (QED) is 0.640. The summed E-state index contributed by atoms with van der Waals surface area (Å²) in [6, 6.07) is 4.16. The van der Waals surface area contributed by atoms with Crippen molar-refractivity contribution in [1.82, 2.24) is 9.97 Å². The number of urea groups is 1. The van der Waals surface area contributed by atoms with Gasteiger partial charge in [-0.25, -0.2) is 4.79 Å². The third kappa shape index (κ3) is 4.30. The van der Waals surface area contributed by atoms with Gasteiger partial charge >= 0.3 is 6.03 Å². The van der Waals surface area contributed by atoms with Crippen molar-refractivity contribution in [2.75, 3.05) is 35.3 Å². The number of hydrogen-bond donors (Lipinski definition) is 4. The smallest absolute Gasteiger partial charge is 0.326 e. The summed E-state index contributed by atoms with van der Waals surface area (Å²) in [5.74, 6) is 0.833. The number of methoxy groups -OCH3 is 1. The van der Waals surface area contributed by atoms with E-state index in [1.807, 2.05) is 6.92 Å². The summed E-state index contributed by atoms with van der Waals surface area (Å²) >= 11 is 11.7. The van der Waals surface area contributed by atoms with Gasteiger partial charge in [-0.1, -0.05) is 23.2 Å². The van der Waals surface area contributed by atoms with Crippen LogP contribution in [0, 0.1) is 0 Å². The van der Waals surface area contributed by atoms with E-state index < -0.39 is 6.03 Å². The number of nitrogens with two attached hydrogens (primary N) is 1. The van der Waals surface area contributed by atoms with E-state index in [-0.39, 0.29) is 11.8 Å². The summed E-state index contributed by atoms with van der Waals surface area (Å²) in [7, 11) is 1.46. The molecule has 2 rings (SSSR count). The number of benzene rings is 1. The van der Waals surface area contributed by atoms with Crippen molar-refractivity contribution in [3.63, 3.8) is 0 Å². The first-order valence-electron chi connectivity index (χ1n) is 6.93. The number of rotatable bonds is 5. The lowest BCUT2D eigenvalue weighted by molar-refractivity contribution is 0.262. The van der Waals surface area contributed by atoms with Crippen LogP contribution in [0.15, 0.2) is 18.2 Å². The van der Waals surface area contributed by atoms with Gasteiger partial charge in [0, 0.05) is 12.2 Å². The standard InChI is InChI=1S/C14H16Cl2N6O2/c1-3-18-12-10(24-2)11(17)20-13(21-12)22-14(23)19-7-4-5-8(15)9(16)6-7/h4-6H,3H2,1-2H3,(H5,17,18,19,20,21,22,23). The first-order chi connectivity index (χ1) is 11.4. The predicted octanol–water partition coefficient (Wildman–Crippen LogP) is 3.45. The molecule has 128 valence electrons. The van der Waals surface area contributed by atoms with Crippen LogP contribution in [0.3, 0.4) is 0 Å². The van der Waals surface area contributed by atoms with Gasteiger partial charge in [0.1, 0.15) is 0 Å². The molecule has 0 bridgehead atoms. The Kier molecular flexibility index (Phi) is 5.88. The van der Waals surface area contributed by atoms with Crippen molar-refractivity contribution in [3.05, 3.63) is 28.2 Å². The van der Waals surface area contributed by atoms with Crippen molar-refractivity contribution in [3.8, 4) is 5.75 Å². The van der Waals surface area contributed by atoms with Gasteiger partial charge in [0.15, 0.2) is 11.6 Å². The molecule has 2 amide bonds. The minimum atomic E-state index is -0.555. The van der Waals surface area contributed by atoms with Crippen molar-refractivity contribution in [2.24, 2.45) is 0 Å². The van der Waals surface area contributed by atoms with E-state index in [4.69, 9.17) is 33.7 Å². The summed E-state index contributed by atoms with van der Waals surface area (Å²) in [4.78, 5) is 20.2. The molecule has 2 aromatic rings. The lowest BCUT2D eigenvalue weighted by Crippen LogP contribution is -2.21. The van der Waals surface area contributed by atoms with Crippen molar-refractivity contribution in [2.45, 2.75) is 6.92 Å². The maximum Gasteiger partial charge on any atom is 0.326 e. The third-order valence-corrected chi connectivity index (χ3v) is 3.58. The van der Waals surface area contributed by atoms with Crippen molar-refractivity contribution >= 4 is 52.5 Å². The van der Waals surface area contributed by atoms with Gasteiger partial charge in [0.2, 0.25) is 11.7 Å². The Morgan fingerprint density at radius 1 is 1.25 bits per heavy atom. The second kappa shape index (κ2) is 7.89. The second-order valence-electron chi connectivity index (χ2n) is 4.55. The molecule has 0 atom stereocenters. The molecule has 1 heterocycles. The molecule has 0 spiro atoms. The second-order valence-corrected chi connectivity index (χ2v) is 5.37. The van der Waals surface area contributed by atoms with Crippen LogP contribution < -0.4 is 26.4 Å². The molecule has 5 N–H and O–H groups in total. The zero-order valence-corrected chi connectivity index (χ0v) is 14.5. The molecule has 0 aliphatic carbocycles. The number of halogens is 2. The lowest BCUT2D eigenvalue weighted by atomic mass is 10.3. The minimum Gasteiger partial charge on any atom is -0.490 e. The Labute approximate surface area is 148 Å². The van der Waals surface area contributed by atoms with Crippen LogP contribution in [-0.4, -0.2) is 29.7 Å². The Morgan fingerprint density at radius 3 is 2.62 bits per heavy atom. The minimum absolute atomic E-state index is 0.0295. The van der Waals surface area contributed by atoms with E-state index in [0.717, 1.165) is 0 Å². The first kappa shape index (κ1) is 17.9. The Hall–Kier alpha value is -2.45. The highest BCUT2D eigenvalue weighted by Crippen LogP contribution is 2.29. The number of anilines is 4. The SMILES string of the molecule is CCNc1nc(NC(=O)Nc2ccc(Cl)c(Cl)c2)nc(N)c1OC. The average molecular weight is 371 g/mol. The number of carbonyl (C=O) groups excluding carboxylic acids is 1. The van der Waals surface area contributed by atoms with Gasteiger partial charge in [0.05, 0.1) is 17.2 Å². The van der Waals surface area contributed by atoms with Gasteiger partial charge in [-0.2, -0.15) is 9.97 Å². The molecule has 0 unspecified atom stereocenters. The van der Waals surface area contributed by atoms with Crippen LogP contribution in [0.25, 0.3) is 0 Å². The molecule has 0 saturated heterocycles. The highest BCUT2D eigenvalue weighted by molar-refractivity contribution is 6.42. The topological polar surface area (TPSA) is 114 Å². The Morgan fingerprint density at radius 2 is 2.00 bits per heavy atom. The van der Waals surface area contributed by atoms with Crippen LogP contribution in [0.2, 0.25) is 10.0 Å². The van der Waals surface area contributed by atoms with Gasteiger partial charge in [-0.3, -0.25) is 5.32 Å². The maximum atomic E-state index is 12.0. The Bertz CT molecular complexity index is 756. The van der Waals surface area contributed by atoms with Crippen LogP contribution in [0.5, 0.6) is 5.75 Å². The number of nitrogens with zero attached hydrogens (tertiary/aromatic N) is 2. The van der Waals surface area contributed by atoms with Crippen LogP contribution in [0.1, 0.15) is 6.92 Å². The largest absolute Gasteiger partial charge is 0.490 e. The van der Waals surface area contributed by atoms with Crippen LogP contribution in [0.4, 0.5) is 28.1 Å². The fourth-order valence-electron chi connectivity index (χ4n) is 1.85. The summed E-state index contributed by atoms with van der Waals surface area (Å²) in [6.45, 7) is 2.49. The van der Waals surface area contributed by atoms with Gasteiger partial charge in [-0.15, -0.1) is 0 Å². The molecule has 1 aromatic heterocycles. The van der Waals surface area contributed by atoms with E-state index in [9.17, 15) is 4.79 Å². The molecule has 0 aliphatic rings. The monoisotopic (exact) mass is 370 g/mol. The molecule has 1 aromatic carbocycles. The molecule has 24 heavy (non-hydrogen) atoms. The molecule has 0 fully saturated rings. The van der Waals surface area contributed by atoms with Gasteiger partial charge in [-0.05, 0) is 25.1 Å². The highest BCUT2D eigenvalue weighted by atomic mass is 35.5. The van der Waals surface area contributed by atoms with Crippen molar-refractivity contribution in [1.29, 1.82) is 0 Å². The molecular formula is C14H16Cl2N6O2. The summed E-state index contributed by atoms with van der Waals surface area (Å²) in [5, 5.41) is 8.79. The van der Waals surface area contributed by atoms with Gasteiger partial charge in [0.25, 0.3) is 0 Å². The molecule has 8 nitrogen and oxygen atoms in total. The zero-order chi connectivity index (χ0) is 17.7. The lowest BCUT2D eigenvalue weighted by Gasteiger charge is -2.13.